The summed E-state index contributed by atoms with van der Waals surface area (Å²) in [6, 6.07) is 7.78. The molecule has 0 bridgehead atoms. The quantitative estimate of drug-likeness (QED) is 0.423. The third-order valence-electron chi connectivity index (χ3n) is 3.52. The van der Waals surface area contributed by atoms with Gasteiger partial charge in [0, 0.05) is 30.2 Å². The number of carbonyl (C=O) groups excluding carboxylic acids is 2. The Kier molecular flexibility index (Phi) is 5.55. The van der Waals surface area contributed by atoms with E-state index >= 15 is 0 Å². The van der Waals surface area contributed by atoms with Crippen LogP contribution in [0.1, 0.15) is 43.0 Å². The maximum absolute atomic E-state index is 11.2. The number of nitrogens with zero attached hydrogens (tertiary/aromatic N) is 1. The smallest absolute Gasteiger partial charge is 0.305 e. The summed E-state index contributed by atoms with van der Waals surface area (Å²) in [5.41, 5.74) is 1.79. The molecule has 0 aliphatic rings. The van der Waals surface area contributed by atoms with Crippen LogP contribution in [0.25, 0.3) is 10.9 Å². The van der Waals surface area contributed by atoms with Gasteiger partial charge in [-0.2, -0.15) is 0 Å². The van der Waals surface area contributed by atoms with Gasteiger partial charge in [-0.1, -0.05) is 18.6 Å². The minimum Gasteiger partial charge on any atom is -0.466 e. The van der Waals surface area contributed by atoms with Gasteiger partial charge in [0.15, 0.2) is 0 Å². The van der Waals surface area contributed by atoms with Gasteiger partial charge < -0.3 is 9.30 Å². The fraction of sp³-hybridized carbons (Fsp3) is 0.412. The maximum Gasteiger partial charge on any atom is 0.305 e. The molecule has 21 heavy (non-hydrogen) atoms. The summed E-state index contributed by atoms with van der Waals surface area (Å²) in [7, 11) is 0. The van der Waals surface area contributed by atoms with Crippen LogP contribution in [0.4, 0.5) is 0 Å². The van der Waals surface area contributed by atoms with Gasteiger partial charge in [0.05, 0.1) is 6.61 Å². The molecule has 4 nitrogen and oxygen atoms in total. The van der Waals surface area contributed by atoms with E-state index in [0.717, 1.165) is 43.0 Å². The predicted molar refractivity (Wildman–Crippen MR) is 82.4 cm³/mol. The van der Waals surface area contributed by atoms with E-state index in [1.165, 1.54) is 0 Å². The lowest BCUT2D eigenvalue weighted by Gasteiger charge is -2.06. The van der Waals surface area contributed by atoms with Crippen molar-refractivity contribution in [3.8, 4) is 0 Å². The van der Waals surface area contributed by atoms with E-state index in [1.54, 1.807) is 0 Å². The Morgan fingerprint density at radius 1 is 1.24 bits per heavy atom. The molecule has 0 N–H and O–H groups in total. The first-order valence-electron chi connectivity index (χ1n) is 7.44. The number of ether oxygens (including phenoxy) is 1. The number of hydrogen-bond acceptors (Lipinski definition) is 3. The summed E-state index contributed by atoms with van der Waals surface area (Å²) < 4.78 is 7.06. The number of benzene rings is 1. The molecule has 2 rings (SSSR count). The van der Waals surface area contributed by atoms with Crippen molar-refractivity contribution in [2.45, 2.75) is 39.2 Å². The van der Waals surface area contributed by atoms with E-state index in [2.05, 4.69) is 10.6 Å². The second kappa shape index (κ2) is 7.62. The van der Waals surface area contributed by atoms with Crippen molar-refractivity contribution in [1.29, 1.82) is 0 Å². The first kappa shape index (κ1) is 15.3. The standard InChI is InChI=1S/C17H21NO3/c1-2-21-17(20)6-4-3-5-10-18-11-9-15-8-7-14(13-19)12-16(15)18/h7-9,11-13H,2-6,10H2,1H3. The van der Waals surface area contributed by atoms with E-state index < -0.39 is 0 Å². The van der Waals surface area contributed by atoms with Crippen molar-refractivity contribution in [2.24, 2.45) is 0 Å². The van der Waals surface area contributed by atoms with Gasteiger partial charge >= 0.3 is 5.97 Å². The third-order valence-corrected chi connectivity index (χ3v) is 3.52. The Hall–Kier alpha value is -2.10. The van der Waals surface area contributed by atoms with Crippen LogP contribution in [0, 0.1) is 0 Å². The Bertz CT molecular complexity index is 616. The summed E-state index contributed by atoms with van der Waals surface area (Å²) in [5, 5.41) is 1.15. The zero-order chi connectivity index (χ0) is 15.1. The molecule has 0 saturated carbocycles. The Morgan fingerprint density at radius 3 is 2.86 bits per heavy atom. The molecule has 1 aromatic carbocycles. The van der Waals surface area contributed by atoms with Gasteiger partial charge in [-0.25, -0.2) is 0 Å². The fourth-order valence-electron chi connectivity index (χ4n) is 2.43. The highest BCUT2D eigenvalue weighted by Gasteiger charge is 2.03. The maximum atomic E-state index is 11.2. The number of unbranched alkanes of at least 4 members (excludes halogenated alkanes) is 2. The molecule has 1 aromatic heterocycles. The van der Waals surface area contributed by atoms with Gasteiger partial charge in [0.1, 0.15) is 6.29 Å². The number of fused-ring (bicyclic) bond motifs is 1. The molecule has 0 amide bonds. The fourth-order valence-corrected chi connectivity index (χ4v) is 2.43. The summed E-state index contributed by atoms with van der Waals surface area (Å²) in [6.07, 6.45) is 6.27. The second-order valence-corrected chi connectivity index (χ2v) is 5.06. The van der Waals surface area contributed by atoms with Crippen molar-refractivity contribution in [2.75, 3.05) is 6.61 Å². The van der Waals surface area contributed by atoms with E-state index in [-0.39, 0.29) is 5.97 Å². The predicted octanol–water partition coefficient (Wildman–Crippen LogP) is 3.58. The van der Waals surface area contributed by atoms with Crippen molar-refractivity contribution in [3.63, 3.8) is 0 Å². The molecular weight excluding hydrogens is 266 g/mol. The Labute approximate surface area is 124 Å². The minimum atomic E-state index is -0.112. The summed E-state index contributed by atoms with van der Waals surface area (Å²) in [5.74, 6) is -0.112. The molecule has 0 unspecified atom stereocenters. The SMILES string of the molecule is CCOC(=O)CCCCCn1ccc2ccc(C=O)cc21. The van der Waals surface area contributed by atoms with Gasteiger partial charge in [-0.3, -0.25) is 9.59 Å². The lowest BCUT2D eigenvalue weighted by Crippen LogP contribution is -2.03. The summed E-state index contributed by atoms with van der Waals surface area (Å²) in [6.45, 7) is 3.17. The van der Waals surface area contributed by atoms with E-state index in [0.29, 0.717) is 18.6 Å². The number of esters is 1. The monoisotopic (exact) mass is 287 g/mol. The molecule has 0 spiro atoms. The molecule has 0 saturated heterocycles. The zero-order valence-electron chi connectivity index (χ0n) is 12.4. The van der Waals surface area contributed by atoms with E-state index in [4.69, 9.17) is 4.74 Å². The molecule has 0 aliphatic carbocycles. The van der Waals surface area contributed by atoms with E-state index in [1.807, 2.05) is 31.3 Å². The van der Waals surface area contributed by atoms with Crippen LogP contribution in [0.2, 0.25) is 0 Å². The number of rotatable bonds is 8. The topological polar surface area (TPSA) is 48.3 Å². The van der Waals surface area contributed by atoms with Crippen LogP contribution in [-0.4, -0.2) is 23.4 Å². The second-order valence-electron chi connectivity index (χ2n) is 5.06. The molecule has 4 heteroatoms. The van der Waals surface area contributed by atoms with Gasteiger partial charge in [-0.05, 0) is 37.3 Å². The third kappa shape index (κ3) is 4.18. The first-order valence-corrected chi connectivity index (χ1v) is 7.44. The Morgan fingerprint density at radius 2 is 2.10 bits per heavy atom. The van der Waals surface area contributed by atoms with Crippen molar-refractivity contribution >= 4 is 23.2 Å². The first-order chi connectivity index (χ1) is 10.2. The Balaban J connectivity index is 1.83. The number of aromatic nitrogens is 1. The van der Waals surface area contributed by atoms with Crippen LogP contribution in [0.15, 0.2) is 30.5 Å². The van der Waals surface area contributed by atoms with Gasteiger partial charge in [0.2, 0.25) is 0 Å². The highest BCUT2D eigenvalue weighted by Crippen LogP contribution is 2.18. The van der Waals surface area contributed by atoms with Crippen LogP contribution >= 0.6 is 0 Å². The van der Waals surface area contributed by atoms with E-state index in [9.17, 15) is 9.59 Å². The van der Waals surface area contributed by atoms with Crippen molar-refractivity contribution in [1.82, 2.24) is 4.57 Å². The molecule has 2 aromatic rings. The largest absolute Gasteiger partial charge is 0.466 e. The highest BCUT2D eigenvalue weighted by atomic mass is 16.5. The molecule has 0 radical (unpaired) electrons. The molecule has 0 fully saturated rings. The number of carbonyl (C=O) groups is 2. The molecule has 0 aliphatic heterocycles. The van der Waals surface area contributed by atoms with Crippen molar-refractivity contribution < 1.29 is 14.3 Å². The van der Waals surface area contributed by atoms with Crippen molar-refractivity contribution in [3.05, 3.63) is 36.0 Å². The van der Waals surface area contributed by atoms with Gasteiger partial charge in [-0.15, -0.1) is 0 Å². The van der Waals surface area contributed by atoms with Gasteiger partial charge in [0.25, 0.3) is 0 Å². The number of aldehydes is 1. The number of aryl methyl sites for hydroxylation is 1. The summed E-state index contributed by atoms with van der Waals surface area (Å²) in [4.78, 5) is 22.1. The van der Waals surface area contributed by atoms with Crippen LogP contribution in [0.3, 0.4) is 0 Å². The average molecular weight is 287 g/mol. The molecule has 1 heterocycles. The summed E-state index contributed by atoms with van der Waals surface area (Å²) >= 11 is 0. The number of hydrogen-bond donors (Lipinski definition) is 0. The molecular formula is C17H21NO3. The van der Waals surface area contributed by atoms with Crippen LogP contribution in [0.5, 0.6) is 0 Å². The lowest BCUT2D eigenvalue weighted by molar-refractivity contribution is -0.143. The lowest BCUT2D eigenvalue weighted by atomic mass is 10.1. The van der Waals surface area contributed by atoms with Crippen LogP contribution < -0.4 is 0 Å². The average Bonchev–Trinajstić information content (AvgIpc) is 2.89. The minimum absolute atomic E-state index is 0.112. The normalized spacial score (nSPS) is 10.7. The molecule has 0 atom stereocenters. The highest BCUT2D eigenvalue weighted by molar-refractivity contribution is 5.87. The zero-order valence-corrected chi connectivity index (χ0v) is 12.4. The van der Waals surface area contributed by atoms with Crippen LogP contribution in [-0.2, 0) is 16.1 Å². The molecule has 112 valence electrons.